The highest BCUT2D eigenvalue weighted by Crippen LogP contribution is 2.32. The van der Waals surface area contributed by atoms with Gasteiger partial charge in [0.2, 0.25) is 5.88 Å². The monoisotopic (exact) mass is 472 g/mol. The second kappa shape index (κ2) is 9.10. The molecule has 13 heteroatoms. The Morgan fingerprint density at radius 3 is 2.83 bits per heavy atom. The molecule has 0 saturated heterocycles. The van der Waals surface area contributed by atoms with Crippen LogP contribution in [-0.2, 0) is 6.54 Å². The first-order valence-corrected chi connectivity index (χ1v) is 10.4. The topological polar surface area (TPSA) is 142 Å². The maximum absolute atomic E-state index is 14.3. The summed E-state index contributed by atoms with van der Waals surface area (Å²) in [7, 11) is 1.38. The van der Waals surface area contributed by atoms with Crippen LogP contribution in [0, 0.1) is 17.1 Å². The van der Waals surface area contributed by atoms with E-state index in [4.69, 9.17) is 9.47 Å². The van der Waals surface area contributed by atoms with E-state index in [0.717, 1.165) is 6.07 Å². The SMILES string of the molecule is COc1cc(F)cc(-c2cnc3ccc(-c4cncc(O[C@@H](C)Cn5cnnn5)n4)nn23)c1C#N. The number of methoxy groups -OCH3 is 1. The quantitative estimate of drug-likeness (QED) is 0.346. The summed E-state index contributed by atoms with van der Waals surface area (Å²) in [5, 5.41) is 25.3. The Morgan fingerprint density at radius 2 is 2.06 bits per heavy atom. The van der Waals surface area contributed by atoms with Crippen LogP contribution in [0.2, 0.25) is 0 Å². The highest BCUT2D eigenvalue weighted by Gasteiger charge is 2.18. The van der Waals surface area contributed by atoms with Gasteiger partial charge < -0.3 is 9.47 Å². The van der Waals surface area contributed by atoms with Crippen molar-refractivity contribution >= 4 is 5.65 Å². The second-order valence-corrected chi connectivity index (χ2v) is 7.48. The van der Waals surface area contributed by atoms with Crippen LogP contribution in [0.15, 0.2) is 49.2 Å². The summed E-state index contributed by atoms with van der Waals surface area (Å²) < 4.78 is 28.4. The zero-order valence-corrected chi connectivity index (χ0v) is 18.6. The summed E-state index contributed by atoms with van der Waals surface area (Å²) in [5.74, 6) is -0.119. The Bertz CT molecular complexity index is 1540. The summed E-state index contributed by atoms with van der Waals surface area (Å²) >= 11 is 0. The number of benzene rings is 1. The minimum Gasteiger partial charge on any atom is -0.495 e. The van der Waals surface area contributed by atoms with Crippen LogP contribution in [0.1, 0.15) is 12.5 Å². The van der Waals surface area contributed by atoms with Crippen molar-refractivity contribution in [3.8, 4) is 40.3 Å². The number of imidazole rings is 1. The minimum atomic E-state index is -0.548. The third kappa shape index (κ3) is 4.32. The van der Waals surface area contributed by atoms with Crippen molar-refractivity contribution in [1.29, 1.82) is 5.26 Å². The summed E-state index contributed by atoms with van der Waals surface area (Å²) in [5.41, 5.74) is 2.34. The van der Waals surface area contributed by atoms with E-state index in [0.29, 0.717) is 40.7 Å². The van der Waals surface area contributed by atoms with Gasteiger partial charge in [0.1, 0.15) is 47.0 Å². The van der Waals surface area contributed by atoms with Crippen molar-refractivity contribution in [2.45, 2.75) is 19.6 Å². The van der Waals surface area contributed by atoms with E-state index in [2.05, 4.69) is 41.6 Å². The first kappa shape index (κ1) is 21.8. The van der Waals surface area contributed by atoms with Crippen molar-refractivity contribution in [3.63, 3.8) is 0 Å². The fraction of sp³-hybridized carbons (Fsp3) is 0.182. The van der Waals surface area contributed by atoms with Crippen LogP contribution in [0.3, 0.4) is 0 Å². The summed E-state index contributed by atoms with van der Waals surface area (Å²) in [6.45, 7) is 2.29. The molecule has 5 rings (SSSR count). The molecule has 0 fully saturated rings. The molecular weight excluding hydrogens is 455 g/mol. The highest BCUT2D eigenvalue weighted by atomic mass is 19.1. The van der Waals surface area contributed by atoms with E-state index < -0.39 is 5.82 Å². The van der Waals surface area contributed by atoms with E-state index in [1.54, 1.807) is 23.0 Å². The molecule has 5 aromatic rings. The number of hydrogen-bond acceptors (Lipinski definition) is 10. The minimum absolute atomic E-state index is 0.125. The lowest BCUT2D eigenvalue weighted by Gasteiger charge is -2.13. The number of tetrazole rings is 1. The van der Waals surface area contributed by atoms with Gasteiger partial charge in [-0.3, -0.25) is 4.98 Å². The second-order valence-electron chi connectivity index (χ2n) is 7.48. The number of aromatic nitrogens is 9. The number of nitrogens with zero attached hydrogens (tertiary/aromatic N) is 10. The number of nitriles is 1. The van der Waals surface area contributed by atoms with Crippen LogP contribution in [0.25, 0.3) is 28.3 Å². The first-order valence-electron chi connectivity index (χ1n) is 10.4. The van der Waals surface area contributed by atoms with Gasteiger partial charge in [-0.2, -0.15) is 10.4 Å². The normalized spacial score (nSPS) is 11.8. The number of rotatable bonds is 7. The Hall–Kier alpha value is -4.99. The summed E-state index contributed by atoms with van der Waals surface area (Å²) in [6, 6.07) is 7.95. The van der Waals surface area contributed by atoms with E-state index in [1.165, 1.54) is 36.4 Å². The lowest BCUT2D eigenvalue weighted by Crippen LogP contribution is -2.20. The molecule has 0 N–H and O–H groups in total. The molecule has 12 nitrogen and oxygen atoms in total. The van der Waals surface area contributed by atoms with Crippen LogP contribution in [0.4, 0.5) is 4.39 Å². The van der Waals surface area contributed by atoms with Crippen molar-refractivity contribution in [1.82, 2.24) is 44.8 Å². The molecule has 4 heterocycles. The predicted octanol–water partition coefficient (Wildman–Crippen LogP) is 2.33. The molecule has 0 aliphatic carbocycles. The summed E-state index contributed by atoms with van der Waals surface area (Å²) in [6.07, 6.45) is 5.79. The zero-order chi connectivity index (χ0) is 24.4. The largest absolute Gasteiger partial charge is 0.495 e. The van der Waals surface area contributed by atoms with Crippen LogP contribution in [-0.4, -0.2) is 58.0 Å². The lowest BCUT2D eigenvalue weighted by molar-refractivity contribution is 0.185. The Balaban J connectivity index is 1.50. The molecule has 0 aliphatic rings. The third-order valence-electron chi connectivity index (χ3n) is 5.07. The molecule has 0 unspecified atom stereocenters. The Kier molecular flexibility index (Phi) is 5.68. The Labute approximate surface area is 197 Å². The lowest BCUT2D eigenvalue weighted by atomic mass is 10.0. The Morgan fingerprint density at radius 1 is 1.17 bits per heavy atom. The maximum atomic E-state index is 14.3. The van der Waals surface area contributed by atoms with Gasteiger partial charge in [-0.25, -0.2) is 23.6 Å². The van der Waals surface area contributed by atoms with Crippen molar-refractivity contribution in [3.05, 3.63) is 60.6 Å². The van der Waals surface area contributed by atoms with Crippen molar-refractivity contribution in [2.24, 2.45) is 0 Å². The number of halogens is 1. The molecule has 1 atom stereocenters. The molecule has 0 aliphatic heterocycles. The fourth-order valence-corrected chi connectivity index (χ4v) is 3.55. The van der Waals surface area contributed by atoms with Crippen molar-refractivity contribution < 1.29 is 13.9 Å². The highest BCUT2D eigenvalue weighted by molar-refractivity contribution is 5.73. The van der Waals surface area contributed by atoms with Crippen LogP contribution in [0.5, 0.6) is 11.6 Å². The third-order valence-corrected chi connectivity index (χ3v) is 5.07. The van der Waals surface area contributed by atoms with Gasteiger partial charge in [-0.05, 0) is 35.5 Å². The number of hydrogen-bond donors (Lipinski definition) is 0. The average Bonchev–Trinajstić information content (AvgIpc) is 3.53. The standard InChI is InChI=1S/C22H17FN10O2/c1-13(11-32-12-27-30-31-32)35-22-10-25-8-18(28-22)17-3-4-21-26-9-19(33(21)29-17)15-5-14(23)6-20(34-2)16(15)7-24/h3-6,8-10,12-13H,11H2,1-2H3/t13-/m0/s1. The molecule has 4 aromatic heterocycles. The predicted molar refractivity (Wildman–Crippen MR) is 119 cm³/mol. The maximum Gasteiger partial charge on any atom is 0.233 e. The van der Waals surface area contributed by atoms with Gasteiger partial charge >= 0.3 is 0 Å². The van der Waals surface area contributed by atoms with E-state index >= 15 is 0 Å². The van der Waals surface area contributed by atoms with Crippen LogP contribution >= 0.6 is 0 Å². The zero-order valence-electron chi connectivity index (χ0n) is 18.6. The van der Waals surface area contributed by atoms with Crippen molar-refractivity contribution in [2.75, 3.05) is 7.11 Å². The van der Waals surface area contributed by atoms with Gasteiger partial charge in [0.05, 0.1) is 37.9 Å². The summed E-state index contributed by atoms with van der Waals surface area (Å²) in [4.78, 5) is 13.1. The molecule has 174 valence electrons. The molecular formula is C22H17FN10O2. The van der Waals surface area contributed by atoms with Crippen LogP contribution < -0.4 is 9.47 Å². The van der Waals surface area contributed by atoms with E-state index in [-0.39, 0.29) is 17.4 Å². The number of ether oxygens (including phenoxy) is 2. The van der Waals surface area contributed by atoms with Gasteiger partial charge in [0, 0.05) is 11.6 Å². The first-order chi connectivity index (χ1) is 17.1. The molecule has 1 aromatic carbocycles. The molecule has 35 heavy (non-hydrogen) atoms. The fourth-order valence-electron chi connectivity index (χ4n) is 3.55. The molecule has 0 saturated carbocycles. The van der Waals surface area contributed by atoms with Gasteiger partial charge in [-0.1, -0.05) is 0 Å². The van der Waals surface area contributed by atoms with Gasteiger partial charge in [0.15, 0.2) is 5.65 Å². The number of fused-ring (bicyclic) bond motifs is 1. The van der Waals surface area contributed by atoms with E-state index in [1.807, 2.05) is 6.92 Å². The van der Waals surface area contributed by atoms with Gasteiger partial charge in [0.25, 0.3) is 0 Å². The average molecular weight is 472 g/mol. The molecule has 0 amide bonds. The molecule has 0 bridgehead atoms. The van der Waals surface area contributed by atoms with E-state index in [9.17, 15) is 9.65 Å². The van der Waals surface area contributed by atoms with Gasteiger partial charge in [-0.15, -0.1) is 5.10 Å². The smallest absolute Gasteiger partial charge is 0.233 e. The molecule has 0 spiro atoms. The molecule has 0 radical (unpaired) electrons.